The number of carbonyl (C=O) groups excluding carboxylic acids is 3. The predicted octanol–water partition coefficient (Wildman–Crippen LogP) is 0.318. The predicted molar refractivity (Wildman–Crippen MR) is 84.4 cm³/mol. The largest absolute Gasteiger partial charge is 0.345 e. The molecule has 1 aromatic carbocycles. The molecule has 6 nitrogen and oxygen atoms in total. The first-order valence-corrected chi connectivity index (χ1v) is 8.14. The van der Waals surface area contributed by atoms with Gasteiger partial charge in [-0.3, -0.25) is 14.4 Å². The van der Waals surface area contributed by atoms with Gasteiger partial charge in [0.25, 0.3) is 0 Å². The van der Waals surface area contributed by atoms with Crippen molar-refractivity contribution in [1.29, 1.82) is 0 Å². The molecule has 2 heterocycles. The summed E-state index contributed by atoms with van der Waals surface area (Å²) in [5, 5.41) is 2.56. The van der Waals surface area contributed by atoms with Crippen LogP contribution in [0, 0.1) is 5.82 Å². The number of nitrogens with one attached hydrogen (secondary N) is 1. The van der Waals surface area contributed by atoms with E-state index in [2.05, 4.69) is 5.32 Å². The lowest BCUT2D eigenvalue weighted by atomic mass is 10.1. The Labute approximate surface area is 139 Å². The number of hydrogen-bond acceptors (Lipinski definition) is 3. The third kappa shape index (κ3) is 3.55. The molecule has 0 radical (unpaired) electrons. The Kier molecular flexibility index (Phi) is 4.78. The molecule has 3 amide bonds. The highest BCUT2D eigenvalue weighted by Gasteiger charge is 2.39. The zero-order valence-corrected chi connectivity index (χ0v) is 13.3. The molecule has 0 aromatic heterocycles. The van der Waals surface area contributed by atoms with Crippen LogP contribution < -0.4 is 5.32 Å². The number of benzene rings is 1. The minimum Gasteiger partial charge on any atom is -0.345 e. The second kappa shape index (κ2) is 6.98. The van der Waals surface area contributed by atoms with Crippen LogP contribution in [0.2, 0.25) is 0 Å². The summed E-state index contributed by atoms with van der Waals surface area (Å²) in [7, 11) is 0. The maximum atomic E-state index is 12.9. The quantitative estimate of drug-likeness (QED) is 0.863. The van der Waals surface area contributed by atoms with E-state index in [9.17, 15) is 18.8 Å². The van der Waals surface area contributed by atoms with Crippen LogP contribution in [0.15, 0.2) is 24.3 Å². The van der Waals surface area contributed by atoms with Crippen LogP contribution in [-0.4, -0.2) is 59.7 Å². The second-order valence-electron chi connectivity index (χ2n) is 6.14. The maximum absolute atomic E-state index is 12.9. The van der Waals surface area contributed by atoms with E-state index in [4.69, 9.17) is 0 Å². The Bertz CT molecular complexity index is 647. The fourth-order valence-corrected chi connectivity index (χ4v) is 3.17. The third-order valence-corrected chi connectivity index (χ3v) is 4.54. The van der Waals surface area contributed by atoms with Crippen molar-refractivity contribution in [1.82, 2.24) is 15.1 Å². The lowest BCUT2D eigenvalue weighted by molar-refractivity contribution is -0.152. The van der Waals surface area contributed by atoms with Gasteiger partial charge in [0.1, 0.15) is 11.9 Å². The van der Waals surface area contributed by atoms with E-state index >= 15 is 0 Å². The van der Waals surface area contributed by atoms with Crippen molar-refractivity contribution in [3.05, 3.63) is 35.6 Å². The summed E-state index contributed by atoms with van der Waals surface area (Å²) in [4.78, 5) is 39.2. The van der Waals surface area contributed by atoms with Crippen molar-refractivity contribution < 1.29 is 18.8 Å². The highest BCUT2D eigenvalue weighted by molar-refractivity contribution is 5.95. The molecule has 128 valence electrons. The number of carbonyl (C=O) groups is 3. The first-order chi connectivity index (χ1) is 11.5. The highest BCUT2D eigenvalue weighted by atomic mass is 19.1. The number of hydrogen-bond donors (Lipinski definition) is 1. The number of halogens is 1. The molecule has 1 atom stereocenters. The van der Waals surface area contributed by atoms with Crippen LogP contribution in [0.3, 0.4) is 0 Å². The minimum absolute atomic E-state index is 0.0115. The molecule has 2 aliphatic rings. The molecule has 2 fully saturated rings. The fourth-order valence-electron chi connectivity index (χ4n) is 3.17. The molecule has 0 saturated carbocycles. The number of rotatable bonds is 4. The van der Waals surface area contributed by atoms with E-state index in [1.165, 1.54) is 12.1 Å². The van der Waals surface area contributed by atoms with Gasteiger partial charge in [0, 0.05) is 19.5 Å². The zero-order chi connectivity index (χ0) is 17.1. The van der Waals surface area contributed by atoms with Crippen molar-refractivity contribution in [3.63, 3.8) is 0 Å². The molecule has 1 N–H and O–H groups in total. The molecule has 0 spiro atoms. The maximum Gasteiger partial charge on any atom is 0.245 e. The summed E-state index contributed by atoms with van der Waals surface area (Å²) in [6.07, 6.45) is 1.74. The van der Waals surface area contributed by atoms with Crippen LogP contribution >= 0.6 is 0 Å². The van der Waals surface area contributed by atoms with E-state index in [0.717, 1.165) is 5.56 Å². The third-order valence-electron chi connectivity index (χ3n) is 4.54. The summed E-state index contributed by atoms with van der Waals surface area (Å²) < 4.78 is 12.9. The van der Waals surface area contributed by atoms with Crippen molar-refractivity contribution in [2.45, 2.75) is 25.3 Å². The monoisotopic (exact) mass is 333 g/mol. The summed E-state index contributed by atoms with van der Waals surface area (Å²) in [6.45, 7) is 1.17. The van der Waals surface area contributed by atoms with Gasteiger partial charge in [-0.25, -0.2) is 4.39 Å². The van der Waals surface area contributed by atoms with Gasteiger partial charge in [0.2, 0.25) is 17.7 Å². The number of nitrogens with zero attached hydrogens (tertiary/aromatic N) is 2. The van der Waals surface area contributed by atoms with Crippen LogP contribution in [0.5, 0.6) is 0 Å². The number of amides is 3. The Morgan fingerprint density at radius 1 is 1.21 bits per heavy atom. The van der Waals surface area contributed by atoms with Crippen LogP contribution in [-0.2, 0) is 20.8 Å². The van der Waals surface area contributed by atoms with Crippen LogP contribution in [0.1, 0.15) is 18.4 Å². The second-order valence-corrected chi connectivity index (χ2v) is 6.14. The van der Waals surface area contributed by atoms with E-state index in [1.807, 2.05) is 0 Å². The normalized spacial score (nSPS) is 20.6. The molecular formula is C17H20FN3O3. The number of piperazine rings is 2. The molecule has 0 bridgehead atoms. The number of fused-ring (bicyclic) bond motifs is 1. The Morgan fingerprint density at radius 3 is 2.71 bits per heavy atom. The first-order valence-electron chi connectivity index (χ1n) is 8.14. The van der Waals surface area contributed by atoms with Gasteiger partial charge < -0.3 is 15.1 Å². The summed E-state index contributed by atoms with van der Waals surface area (Å²) in [5.74, 6) is -0.572. The lowest BCUT2D eigenvalue weighted by Gasteiger charge is -2.42. The minimum atomic E-state index is -0.568. The molecular weight excluding hydrogens is 313 g/mol. The molecule has 24 heavy (non-hydrogen) atoms. The van der Waals surface area contributed by atoms with Gasteiger partial charge in [0.15, 0.2) is 0 Å². The van der Waals surface area contributed by atoms with E-state index < -0.39 is 6.04 Å². The Balaban J connectivity index is 1.49. The van der Waals surface area contributed by atoms with Crippen LogP contribution in [0.4, 0.5) is 4.39 Å². The van der Waals surface area contributed by atoms with Crippen molar-refractivity contribution in [2.24, 2.45) is 0 Å². The molecule has 2 aliphatic heterocycles. The fraction of sp³-hybridized carbons (Fsp3) is 0.471. The van der Waals surface area contributed by atoms with Crippen molar-refractivity contribution in [3.8, 4) is 0 Å². The molecule has 0 unspecified atom stereocenters. The SMILES string of the molecule is O=C1NCC(=O)N2CCN(C(=O)CCCc3ccc(F)cc3)C[C@H]12. The Morgan fingerprint density at radius 2 is 1.96 bits per heavy atom. The molecule has 3 rings (SSSR count). The van der Waals surface area contributed by atoms with Gasteiger partial charge in [-0.1, -0.05) is 12.1 Å². The highest BCUT2D eigenvalue weighted by Crippen LogP contribution is 2.15. The zero-order valence-electron chi connectivity index (χ0n) is 13.3. The first kappa shape index (κ1) is 16.4. The molecule has 1 aromatic rings. The molecule has 0 aliphatic carbocycles. The summed E-state index contributed by atoms with van der Waals surface area (Å²) in [6, 6.07) is 5.69. The van der Waals surface area contributed by atoms with Crippen molar-refractivity contribution in [2.75, 3.05) is 26.2 Å². The van der Waals surface area contributed by atoms with E-state index in [0.29, 0.717) is 32.4 Å². The van der Waals surface area contributed by atoms with Gasteiger partial charge in [-0.2, -0.15) is 0 Å². The van der Waals surface area contributed by atoms with Crippen LogP contribution in [0.25, 0.3) is 0 Å². The van der Waals surface area contributed by atoms with Gasteiger partial charge in [0.05, 0.1) is 13.1 Å². The average Bonchev–Trinajstić information content (AvgIpc) is 2.59. The smallest absolute Gasteiger partial charge is 0.245 e. The standard InChI is InChI=1S/C17H20FN3O3/c18-13-6-4-12(5-7-13)2-1-3-15(22)20-8-9-21-14(11-20)17(24)19-10-16(21)23/h4-7,14H,1-3,8-11H2,(H,19,24)/t14-/m1/s1. The average molecular weight is 333 g/mol. The van der Waals surface area contributed by atoms with Gasteiger partial charge >= 0.3 is 0 Å². The topological polar surface area (TPSA) is 69.7 Å². The summed E-state index contributed by atoms with van der Waals surface area (Å²) in [5.41, 5.74) is 0.992. The van der Waals surface area contributed by atoms with Gasteiger partial charge in [-0.15, -0.1) is 0 Å². The number of aryl methyl sites for hydroxylation is 1. The summed E-state index contributed by atoms with van der Waals surface area (Å²) >= 11 is 0. The molecule has 2 saturated heterocycles. The molecule has 7 heteroatoms. The lowest BCUT2D eigenvalue weighted by Crippen LogP contribution is -2.66. The Hall–Kier alpha value is -2.44. The van der Waals surface area contributed by atoms with Crippen molar-refractivity contribution >= 4 is 17.7 Å². The van der Waals surface area contributed by atoms with E-state index in [-0.39, 0.29) is 36.6 Å². The van der Waals surface area contributed by atoms with E-state index in [1.54, 1.807) is 21.9 Å². The van der Waals surface area contributed by atoms with Gasteiger partial charge in [-0.05, 0) is 30.5 Å².